The number of nitrogens with zero attached hydrogens (tertiary/aromatic N) is 1. The van der Waals surface area contributed by atoms with Crippen molar-refractivity contribution < 1.29 is 48.6 Å². The topological polar surface area (TPSA) is 57.6 Å². The maximum atomic E-state index is 14.9. The first kappa shape index (κ1) is 28.3. The number of sulfone groups is 1. The fourth-order valence-corrected chi connectivity index (χ4v) is 6.32. The number of likely N-dealkylation sites (tertiary alicyclic amines) is 1. The molecule has 3 rings (SSSR count). The van der Waals surface area contributed by atoms with Crippen molar-refractivity contribution in [3.05, 3.63) is 65.2 Å². The van der Waals surface area contributed by atoms with Gasteiger partial charge in [-0.05, 0) is 62.7 Å². The van der Waals surface area contributed by atoms with Crippen LogP contribution in [0, 0.1) is 11.6 Å². The molecule has 1 aliphatic rings. The summed E-state index contributed by atoms with van der Waals surface area (Å²) in [5.74, 6) is -3.32. The number of hydrogen-bond acceptors (Lipinski definition) is 4. The normalized spacial score (nSPS) is 20.3. The van der Waals surface area contributed by atoms with Crippen molar-refractivity contribution in [3.63, 3.8) is 0 Å². The molecule has 1 atom stereocenters. The highest BCUT2D eigenvalue weighted by atomic mass is 32.2. The van der Waals surface area contributed by atoms with Gasteiger partial charge in [-0.1, -0.05) is 12.1 Å². The molecule has 200 valence electrons. The number of aliphatic hydroxyl groups is 1. The van der Waals surface area contributed by atoms with Crippen LogP contribution >= 0.6 is 0 Å². The molecular weight excluding hydrogens is 522 g/mol. The summed E-state index contributed by atoms with van der Waals surface area (Å²) < 4.78 is 134. The van der Waals surface area contributed by atoms with Crippen LogP contribution in [-0.4, -0.2) is 55.7 Å². The van der Waals surface area contributed by atoms with Crippen molar-refractivity contribution >= 4 is 9.84 Å². The molecule has 1 heterocycles. The Bertz CT molecular complexity index is 1200. The molecule has 2 aromatic rings. The van der Waals surface area contributed by atoms with Crippen LogP contribution in [0.1, 0.15) is 31.4 Å². The van der Waals surface area contributed by atoms with Crippen LogP contribution in [0.5, 0.6) is 0 Å². The van der Waals surface area contributed by atoms with Crippen LogP contribution in [0.15, 0.2) is 47.4 Å². The zero-order chi connectivity index (χ0) is 27.3. The molecule has 13 heteroatoms. The van der Waals surface area contributed by atoms with E-state index in [0.717, 1.165) is 30.3 Å². The van der Waals surface area contributed by atoms with Crippen LogP contribution in [0.2, 0.25) is 0 Å². The molecule has 0 aromatic heterocycles. The van der Waals surface area contributed by atoms with Crippen LogP contribution < -0.4 is 0 Å². The summed E-state index contributed by atoms with van der Waals surface area (Å²) in [5.41, 5.74) is -9.04. The Morgan fingerprint density at radius 2 is 1.53 bits per heavy atom. The molecule has 2 aromatic carbocycles. The van der Waals surface area contributed by atoms with Crippen LogP contribution in [0.3, 0.4) is 0 Å². The van der Waals surface area contributed by atoms with Crippen molar-refractivity contribution in [1.29, 1.82) is 0 Å². The molecule has 4 nitrogen and oxygen atoms in total. The SMILES string of the molecule is CC(C)N1CC[C@@](CS(=O)(=O)c2ccc(F)cc2)(c2ccc(C(O)(C(F)(F)F)C(F)(F)F)c(F)c2)C1. The number of benzene rings is 2. The smallest absolute Gasteiger partial charge is 0.369 e. The molecule has 0 unspecified atom stereocenters. The lowest BCUT2D eigenvalue weighted by Crippen LogP contribution is -2.54. The highest BCUT2D eigenvalue weighted by Crippen LogP contribution is 2.51. The number of hydrogen-bond donors (Lipinski definition) is 1. The predicted octanol–water partition coefficient (Wildman–Crippen LogP) is 5.10. The molecule has 1 aliphatic heterocycles. The standard InChI is InChI=1S/C23H23F8NO3S/c1-14(2)32-10-9-20(12-32,13-36(34,35)17-6-4-16(24)5-7-17)15-3-8-18(19(25)11-15)21(33,22(26,27)28)23(29,30)31/h3-8,11,14,33H,9-10,12-13H2,1-2H3/t20-/m1/s1. The largest absolute Gasteiger partial charge is 0.430 e. The van der Waals surface area contributed by atoms with Gasteiger partial charge < -0.3 is 5.11 Å². The molecule has 0 bridgehead atoms. The molecule has 0 aliphatic carbocycles. The third-order valence-electron chi connectivity index (χ3n) is 6.54. The van der Waals surface area contributed by atoms with E-state index in [4.69, 9.17) is 0 Å². The average molecular weight is 545 g/mol. The highest BCUT2D eigenvalue weighted by molar-refractivity contribution is 7.91. The second-order valence-corrected chi connectivity index (χ2v) is 11.2. The zero-order valence-electron chi connectivity index (χ0n) is 19.1. The summed E-state index contributed by atoms with van der Waals surface area (Å²) in [5, 5.41) is 9.60. The van der Waals surface area contributed by atoms with E-state index in [9.17, 15) is 48.6 Å². The fourth-order valence-electron chi connectivity index (χ4n) is 4.48. The van der Waals surface area contributed by atoms with Gasteiger partial charge in [0.05, 0.1) is 10.6 Å². The molecule has 1 saturated heterocycles. The van der Waals surface area contributed by atoms with E-state index in [1.165, 1.54) is 0 Å². The van der Waals surface area contributed by atoms with Crippen molar-refractivity contribution in [2.24, 2.45) is 0 Å². The van der Waals surface area contributed by atoms with Crippen LogP contribution in [0.4, 0.5) is 35.1 Å². The molecule has 1 N–H and O–H groups in total. The zero-order valence-corrected chi connectivity index (χ0v) is 19.9. The predicted molar refractivity (Wildman–Crippen MR) is 114 cm³/mol. The molecular formula is C23H23F8NO3S. The molecule has 0 radical (unpaired) electrons. The van der Waals surface area contributed by atoms with Crippen molar-refractivity contribution in [3.8, 4) is 0 Å². The molecule has 0 spiro atoms. The Kier molecular flexibility index (Phi) is 7.28. The minimum Gasteiger partial charge on any atom is -0.369 e. The van der Waals surface area contributed by atoms with Crippen molar-refractivity contribution in [2.75, 3.05) is 18.8 Å². The Labute approximate surface area is 202 Å². The molecule has 0 saturated carbocycles. The van der Waals surface area contributed by atoms with E-state index in [1.807, 2.05) is 4.90 Å². The van der Waals surface area contributed by atoms with Gasteiger partial charge in [0.25, 0.3) is 5.60 Å². The van der Waals surface area contributed by atoms with Gasteiger partial charge in [0.2, 0.25) is 0 Å². The number of halogens is 8. The second-order valence-electron chi connectivity index (χ2n) is 9.21. The first-order valence-electron chi connectivity index (χ1n) is 10.7. The van der Waals surface area contributed by atoms with E-state index >= 15 is 0 Å². The van der Waals surface area contributed by atoms with Gasteiger partial charge in [0, 0.05) is 23.6 Å². The number of alkyl halides is 6. The Balaban J connectivity index is 2.13. The summed E-state index contributed by atoms with van der Waals surface area (Å²) in [6, 6.07) is 5.22. The average Bonchev–Trinajstić information content (AvgIpc) is 3.17. The third kappa shape index (κ3) is 4.97. The summed E-state index contributed by atoms with van der Waals surface area (Å²) >= 11 is 0. The molecule has 36 heavy (non-hydrogen) atoms. The van der Waals surface area contributed by atoms with Gasteiger partial charge in [-0.2, -0.15) is 26.3 Å². The van der Waals surface area contributed by atoms with Gasteiger partial charge in [0.1, 0.15) is 11.6 Å². The summed E-state index contributed by atoms with van der Waals surface area (Å²) in [4.78, 5) is 1.60. The van der Waals surface area contributed by atoms with Crippen molar-refractivity contribution in [2.45, 2.75) is 54.6 Å². The van der Waals surface area contributed by atoms with E-state index in [0.29, 0.717) is 12.6 Å². The van der Waals surface area contributed by atoms with Gasteiger partial charge in [-0.15, -0.1) is 0 Å². The van der Waals surface area contributed by atoms with E-state index in [-0.39, 0.29) is 35.5 Å². The second kappa shape index (κ2) is 9.25. The minimum atomic E-state index is -6.28. The van der Waals surface area contributed by atoms with Crippen LogP contribution in [0.25, 0.3) is 0 Å². The summed E-state index contributed by atoms with van der Waals surface area (Å²) in [6.45, 7) is 3.96. The van der Waals surface area contributed by atoms with Gasteiger partial charge in [0.15, 0.2) is 9.84 Å². The highest BCUT2D eigenvalue weighted by Gasteiger charge is 2.72. The summed E-state index contributed by atoms with van der Waals surface area (Å²) in [7, 11) is -4.14. The lowest BCUT2D eigenvalue weighted by molar-refractivity contribution is -0.377. The minimum absolute atomic E-state index is 0.0205. The lowest BCUT2D eigenvalue weighted by atomic mass is 9.79. The van der Waals surface area contributed by atoms with Crippen molar-refractivity contribution in [1.82, 2.24) is 4.90 Å². The summed E-state index contributed by atoms with van der Waals surface area (Å²) in [6.07, 6.45) is -12.5. The maximum Gasteiger partial charge on any atom is 0.430 e. The number of rotatable bonds is 6. The Hall–Kier alpha value is -2.25. The quantitative estimate of drug-likeness (QED) is 0.406. The van der Waals surface area contributed by atoms with Gasteiger partial charge >= 0.3 is 12.4 Å². The van der Waals surface area contributed by atoms with Gasteiger partial charge in [-0.3, -0.25) is 4.90 Å². The lowest BCUT2D eigenvalue weighted by Gasteiger charge is -2.34. The third-order valence-corrected chi connectivity index (χ3v) is 8.47. The Morgan fingerprint density at radius 1 is 0.972 bits per heavy atom. The van der Waals surface area contributed by atoms with E-state index < -0.39 is 56.2 Å². The van der Waals surface area contributed by atoms with Gasteiger partial charge in [-0.25, -0.2) is 17.2 Å². The molecule has 0 amide bonds. The van der Waals surface area contributed by atoms with E-state index in [1.54, 1.807) is 13.8 Å². The molecule has 1 fully saturated rings. The van der Waals surface area contributed by atoms with E-state index in [2.05, 4.69) is 0 Å². The fraction of sp³-hybridized carbons (Fsp3) is 0.478. The maximum absolute atomic E-state index is 14.9. The monoisotopic (exact) mass is 545 g/mol. The Morgan fingerprint density at radius 3 is 1.97 bits per heavy atom. The first-order valence-corrected chi connectivity index (χ1v) is 12.4. The first-order chi connectivity index (χ1) is 16.3. The van der Waals surface area contributed by atoms with Crippen LogP contribution in [-0.2, 0) is 20.9 Å².